The van der Waals surface area contributed by atoms with Gasteiger partial charge >= 0.3 is 0 Å². The molecule has 3 nitrogen and oxygen atoms in total. The lowest BCUT2D eigenvalue weighted by molar-refractivity contribution is 0.507. The molecule has 0 radical (unpaired) electrons. The third-order valence-electron chi connectivity index (χ3n) is 4.51. The lowest BCUT2D eigenvalue weighted by atomic mass is 10.1. The predicted octanol–water partition coefficient (Wildman–Crippen LogP) is 5.93. The van der Waals surface area contributed by atoms with Crippen molar-refractivity contribution in [3.63, 3.8) is 0 Å². The second-order valence-corrected chi connectivity index (χ2v) is 9.15. The number of nitrogens with zero attached hydrogens (tertiary/aromatic N) is 1. The van der Waals surface area contributed by atoms with Crippen molar-refractivity contribution in [3.8, 4) is 0 Å². The molecule has 0 N–H and O–H groups in total. The van der Waals surface area contributed by atoms with E-state index in [2.05, 4.69) is 5.73 Å². The maximum atomic E-state index is 13.7. The molecule has 30 heavy (non-hydrogen) atoms. The molecule has 0 spiro atoms. The minimum absolute atomic E-state index is 0.129. The first kappa shape index (κ1) is 21.6. The molecule has 0 saturated carbocycles. The van der Waals surface area contributed by atoms with Crippen LogP contribution in [0.3, 0.4) is 0 Å². The fourth-order valence-electron chi connectivity index (χ4n) is 2.99. The third kappa shape index (κ3) is 5.07. The Morgan fingerprint density at radius 1 is 0.900 bits per heavy atom. The van der Waals surface area contributed by atoms with Crippen molar-refractivity contribution in [1.82, 2.24) is 4.31 Å². The van der Waals surface area contributed by atoms with Crippen molar-refractivity contribution >= 4 is 15.7 Å². The van der Waals surface area contributed by atoms with Gasteiger partial charge < -0.3 is 0 Å². The zero-order valence-corrected chi connectivity index (χ0v) is 18.1. The van der Waals surface area contributed by atoms with Crippen LogP contribution in [-0.4, -0.2) is 12.7 Å². The maximum absolute atomic E-state index is 13.7. The molecule has 5 heteroatoms. The SMILES string of the molecule is CC(C)=C=C(c1ccc(F)cc1)N(Cc1ccccc1)S(=O)(=O)c1ccc(C)cc1. The van der Waals surface area contributed by atoms with Gasteiger partial charge in [0.2, 0.25) is 0 Å². The number of allylic oxidation sites excluding steroid dienone is 1. The van der Waals surface area contributed by atoms with Crippen molar-refractivity contribution in [1.29, 1.82) is 0 Å². The standard InChI is InChI=1S/C25H24FNO2S/c1-19(2)17-25(22-11-13-23(26)14-12-22)27(18-21-7-5-4-6-8-21)30(28,29)24-15-9-20(3)10-16-24/h4-16H,18H2,1-3H3. The highest BCUT2D eigenvalue weighted by molar-refractivity contribution is 7.89. The molecule has 3 aromatic carbocycles. The van der Waals surface area contributed by atoms with E-state index in [-0.39, 0.29) is 17.3 Å². The van der Waals surface area contributed by atoms with E-state index in [0.717, 1.165) is 16.7 Å². The molecule has 0 aliphatic heterocycles. The maximum Gasteiger partial charge on any atom is 0.265 e. The summed E-state index contributed by atoms with van der Waals surface area (Å²) in [5, 5.41) is 0. The van der Waals surface area contributed by atoms with E-state index in [9.17, 15) is 12.8 Å². The molecule has 0 aliphatic carbocycles. The van der Waals surface area contributed by atoms with E-state index >= 15 is 0 Å². The molecule has 0 fully saturated rings. The van der Waals surface area contributed by atoms with Gasteiger partial charge in [-0.3, -0.25) is 4.31 Å². The lowest BCUT2D eigenvalue weighted by Gasteiger charge is -2.26. The summed E-state index contributed by atoms with van der Waals surface area (Å²) >= 11 is 0. The fourth-order valence-corrected chi connectivity index (χ4v) is 4.44. The Morgan fingerprint density at radius 2 is 1.50 bits per heavy atom. The molecule has 0 saturated heterocycles. The second kappa shape index (κ2) is 9.12. The van der Waals surface area contributed by atoms with Gasteiger partial charge in [-0.15, -0.1) is 0 Å². The van der Waals surface area contributed by atoms with E-state index in [0.29, 0.717) is 11.3 Å². The van der Waals surface area contributed by atoms with E-state index in [1.807, 2.05) is 51.1 Å². The highest BCUT2D eigenvalue weighted by Crippen LogP contribution is 2.29. The number of halogens is 1. The van der Waals surface area contributed by atoms with Crippen molar-refractivity contribution < 1.29 is 12.8 Å². The predicted molar refractivity (Wildman–Crippen MR) is 119 cm³/mol. The van der Waals surface area contributed by atoms with Gasteiger partial charge in [0.15, 0.2) is 0 Å². The van der Waals surface area contributed by atoms with Crippen LogP contribution in [-0.2, 0) is 16.6 Å². The molecule has 0 amide bonds. The molecular formula is C25H24FNO2S. The summed E-state index contributed by atoms with van der Waals surface area (Å²) in [5.74, 6) is -0.383. The Labute approximate surface area is 177 Å². The molecule has 0 unspecified atom stereocenters. The molecule has 3 aromatic rings. The van der Waals surface area contributed by atoms with Crippen LogP contribution in [0, 0.1) is 12.7 Å². The van der Waals surface area contributed by atoms with Crippen LogP contribution in [0.2, 0.25) is 0 Å². The Morgan fingerprint density at radius 3 is 2.07 bits per heavy atom. The fraction of sp³-hybridized carbons (Fsp3) is 0.160. The average Bonchev–Trinajstić information content (AvgIpc) is 2.72. The number of hydrogen-bond donors (Lipinski definition) is 0. The molecule has 154 valence electrons. The van der Waals surface area contributed by atoms with Crippen LogP contribution < -0.4 is 0 Å². The summed E-state index contributed by atoms with van der Waals surface area (Å²) in [6.07, 6.45) is 0. The van der Waals surface area contributed by atoms with Gasteiger partial charge in [-0.2, -0.15) is 0 Å². The summed E-state index contributed by atoms with van der Waals surface area (Å²) in [5.41, 5.74) is 6.75. The van der Waals surface area contributed by atoms with Gasteiger partial charge in [0.05, 0.1) is 11.4 Å². The molecule has 0 aliphatic rings. The molecular weight excluding hydrogens is 397 g/mol. The minimum atomic E-state index is -3.89. The number of sulfonamides is 1. The number of benzene rings is 3. The van der Waals surface area contributed by atoms with Gasteiger partial charge in [0.25, 0.3) is 10.0 Å². The minimum Gasteiger partial charge on any atom is -0.254 e. The van der Waals surface area contributed by atoms with Crippen LogP contribution in [0.15, 0.2) is 95.1 Å². The van der Waals surface area contributed by atoms with Crippen LogP contribution in [0.25, 0.3) is 5.70 Å². The number of hydrogen-bond acceptors (Lipinski definition) is 2. The summed E-state index contributed by atoms with van der Waals surface area (Å²) in [4.78, 5) is 0.194. The molecule has 3 rings (SSSR count). The smallest absolute Gasteiger partial charge is 0.254 e. The van der Waals surface area contributed by atoms with Crippen LogP contribution in [0.1, 0.15) is 30.5 Å². The zero-order chi connectivity index (χ0) is 21.7. The quantitative estimate of drug-likeness (QED) is 0.463. The molecule has 0 heterocycles. The van der Waals surface area contributed by atoms with E-state index < -0.39 is 10.0 Å². The van der Waals surface area contributed by atoms with Crippen molar-refractivity contribution in [3.05, 3.63) is 113 Å². The third-order valence-corrected chi connectivity index (χ3v) is 6.27. The Bertz CT molecular complexity index is 1170. The Kier molecular flexibility index (Phi) is 6.56. The first-order valence-electron chi connectivity index (χ1n) is 9.61. The van der Waals surface area contributed by atoms with Gasteiger partial charge in [-0.05, 0) is 68.3 Å². The summed E-state index contributed by atoms with van der Waals surface area (Å²) in [6.45, 7) is 5.74. The monoisotopic (exact) mass is 421 g/mol. The number of aryl methyl sites for hydroxylation is 1. The van der Waals surface area contributed by atoms with Gasteiger partial charge in [0.1, 0.15) is 11.5 Å². The molecule has 0 bridgehead atoms. The van der Waals surface area contributed by atoms with Crippen molar-refractivity contribution in [2.45, 2.75) is 32.2 Å². The molecule has 0 aromatic heterocycles. The highest BCUT2D eigenvalue weighted by atomic mass is 32.2. The average molecular weight is 422 g/mol. The first-order chi connectivity index (χ1) is 14.3. The highest BCUT2D eigenvalue weighted by Gasteiger charge is 2.28. The van der Waals surface area contributed by atoms with Gasteiger partial charge in [-0.25, -0.2) is 12.8 Å². The second-order valence-electron chi connectivity index (χ2n) is 7.29. The van der Waals surface area contributed by atoms with E-state index in [4.69, 9.17) is 0 Å². The Hall–Kier alpha value is -3.14. The van der Waals surface area contributed by atoms with Crippen LogP contribution in [0.4, 0.5) is 4.39 Å². The first-order valence-corrected chi connectivity index (χ1v) is 11.0. The Balaban J connectivity index is 2.22. The van der Waals surface area contributed by atoms with E-state index in [1.165, 1.54) is 16.4 Å². The van der Waals surface area contributed by atoms with Crippen molar-refractivity contribution in [2.75, 3.05) is 0 Å². The van der Waals surface area contributed by atoms with Crippen LogP contribution in [0.5, 0.6) is 0 Å². The summed E-state index contributed by atoms with van der Waals surface area (Å²) < 4.78 is 42.3. The molecule has 0 atom stereocenters. The zero-order valence-electron chi connectivity index (χ0n) is 17.3. The largest absolute Gasteiger partial charge is 0.265 e. The normalized spacial score (nSPS) is 10.9. The van der Waals surface area contributed by atoms with Crippen molar-refractivity contribution in [2.24, 2.45) is 0 Å². The summed E-state index contributed by atoms with van der Waals surface area (Å²) in [7, 11) is -3.89. The summed E-state index contributed by atoms with van der Waals surface area (Å²) in [6, 6.07) is 21.9. The van der Waals surface area contributed by atoms with Gasteiger partial charge in [0, 0.05) is 5.56 Å². The topological polar surface area (TPSA) is 37.4 Å². The van der Waals surface area contributed by atoms with Crippen LogP contribution >= 0.6 is 0 Å². The van der Waals surface area contributed by atoms with Gasteiger partial charge in [-0.1, -0.05) is 53.8 Å². The lowest BCUT2D eigenvalue weighted by Crippen LogP contribution is -2.29. The number of rotatable bonds is 6. The van der Waals surface area contributed by atoms with E-state index in [1.54, 1.807) is 36.4 Å².